The molecule has 3 aromatic carbocycles. The Labute approximate surface area is 165 Å². The molecule has 0 radical (unpaired) electrons. The number of nitriles is 1. The van der Waals surface area contributed by atoms with Gasteiger partial charge >= 0.3 is 0 Å². The van der Waals surface area contributed by atoms with E-state index in [2.05, 4.69) is 60.7 Å². The number of nitrogens with zero attached hydrogens (tertiary/aromatic N) is 2. The van der Waals surface area contributed by atoms with Gasteiger partial charge in [0, 0.05) is 11.1 Å². The third-order valence-electron chi connectivity index (χ3n) is 5.95. The van der Waals surface area contributed by atoms with Crippen LogP contribution < -0.4 is 0 Å². The maximum Gasteiger partial charge on any atom is 0.0867 e. The third-order valence-corrected chi connectivity index (χ3v) is 5.95. The highest BCUT2D eigenvalue weighted by atomic mass is 14.7. The lowest BCUT2D eigenvalue weighted by Crippen LogP contribution is -2.32. The van der Waals surface area contributed by atoms with E-state index < -0.39 is 5.41 Å². The fraction of sp³-hybridized carbons (Fsp3) is 0.154. The second-order valence-corrected chi connectivity index (χ2v) is 7.53. The lowest BCUT2D eigenvalue weighted by molar-refractivity contribution is 0.468. The minimum absolute atomic E-state index is 0.498. The standard InChI is InChI=1S/C26H20N2/c27-18-26(20-11-5-2-6-12-20)16-15-24-22(17-26)25(19-9-3-1-4-10-19)21-13-7-8-14-23(21)28-24/h1-14H,15-17H2/t26-/m0/s1. The van der Waals surface area contributed by atoms with Crippen molar-refractivity contribution in [2.24, 2.45) is 0 Å². The van der Waals surface area contributed by atoms with Crippen molar-refractivity contribution in [1.82, 2.24) is 4.98 Å². The largest absolute Gasteiger partial charge is 0.253 e. The zero-order valence-corrected chi connectivity index (χ0v) is 15.6. The van der Waals surface area contributed by atoms with Crippen molar-refractivity contribution in [1.29, 1.82) is 5.26 Å². The average molecular weight is 360 g/mol. The number of rotatable bonds is 2. The zero-order valence-electron chi connectivity index (χ0n) is 15.6. The maximum atomic E-state index is 10.2. The Hall–Kier alpha value is -3.44. The van der Waals surface area contributed by atoms with Gasteiger partial charge in [-0.05, 0) is 47.6 Å². The van der Waals surface area contributed by atoms with Gasteiger partial charge in [-0.2, -0.15) is 5.26 Å². The molecule has 4 aromatic rings. The lowest BCUT2D eigenvalue weighted by atomic mass is 9.68. The second-order valence-electron chi connectivity index (χ2n) is 7.53. The molecule has 0 aliphatic heterocycles. The van der Waals surface area contributed by atoms with E-state index in [4.69, 9.17) is 4.98 Å². The minimum Gasteiger partial charge on any atom is -0.253 e. The van der Waals surface area contributed by atoms with Gasteiger partial charge in [-0.15, -0.1) is 0 Å². The molecule has 2 heteroatoms. The van der Waals surface area contributed by atoms with E-state index in [1.54, 1.807) is 0 Å². The molecule has 1 heterocycles. The van der Waals surface area contributed by atoms with E-state index in [1.165, 1.54) is 16.7 Å². The summed E-state index contributed by atoms with van der Waals surface area (Å²) in [6.07, 6.45) is 2.33. The second kappa shape index (κ2) is 6.62. The van der Waals surface area contributed by atoms with Gasteiger partial charge in [-0.1, -0.05) is 78.9 Å². The first kappa shape index (κ1) is 16.7. The molecule has 0 saturated heterocycles. The van der Waals surface area contributed by atoms with E-state index in [0.29, 0.717) is 6.42 Å². The van der Waals surface area contributed by atoms with Crippen LogP contribution in [0.4, 0.5) is 0 Å². The monoisotopic (exact) mass is 360 g/mol. The highest BCUT2D eigenvalue weighted by molar-refractivity contribution is 5.96. The summed E-state index contributed by atoms with van der Waals surface area (Å²) in [6, 6.07) is 31.8. The third kappa shape index (κ3) is 2.60. The molecule has 134 valence electrons. The molecule has 1 aliphatic rings. The van der Waals surface area contributed by atoms with E-state index in [0.717, 1.165) is 35.0 Å². The van der Waals surface area contributed by atoms with Crippen LogP contribution in [0, 0.1) is 11.3 Å². The molecule has 0 saturated carbocycles. The van der Waals surface area contributed by atoms with E-state index in [1.807, 2.05) is 30.3 Å². The first-order valence-electron chi connectivity index (χ1n) is 9.73. The summed E-state index contributed by atoms with van der Waals surface area (Å²) in [6.45, 7) is 0. The molecule has 0 bridgehead atoms. The van der Waals surface area contributed by atoms with Crippen molar-refractivity contribution in [3.8, 4) is 17.2 Å². The van der Waals surface area contributed by atoms with Gasteiger partial charge in [-0.3, -0.25) is 4.98 Å². The molecule has 0 unspecified atom stereocenters. The molecule has 1 atom stereocenters. The highest BCUT2D eigenvalue weighted by Crippen LogP contribution is 2.43. The van der Waals surface area contributed by atoms with Gasteiger partial charge in [0.1, 0.15) is 0 Å². The smallest absolute Gasteiger partial charge is 0.0867 e. The molecule has 5 rings (SSSR count). The van der Waals surface area contributed by atoms with Crippen molar-refractivity contribution >= 4 is 10.9 Å². The summed E-state index contributed by atoms with van der Waals surface area (Å²) in [5, 5.41) is 11.4. The fourth-order valence-corrected chi connectivity index (χ4v) is 4.52. The molecule has 2 nitrogen and oxygen atoms in total. The minimum atomic E-state index is -0.498. The summed E-state index contributed by atoms with van der Waals surface area (Å²) in [5.41, 5.74) is 6.43. The first-order valence-corrected chi connectivity index (χ1v) is 9.73. The highest BCUT2D eigenvalue weighted by Gasteiger charge is 2.38. The zero-order chi connectivity index (χ0) is 19.0. The van der Waals surface area contributed by atoms with Gasteiger partial charge in [-0.25, -0.2) is 0 Å². The molecule has 0 amide bonds. The van der Waals surface area contributed by atoms with Crippen LogP contribution >= 0.6 is 0 Å². The number of benzene rings is 3. The van der Waals surface area contributed by atoms with Crippen LogP contribution in [0.3, 0.4) is 0 Å². The topological polar surface area (TPSA) is 36.7 Å². The Bertz CT molecular complexity index is 1190. The van der Waals surface area contributed by atoms with Gasteiger partial charge < -0.3 is 0 Å². The van der Waals surface area contributed by atoms with Crippen LogP contribution in [0.2, 0.25) is 0 Å². The van der Waals surface area contributed by atoms with Crippen LogP contribution in [0.25, 0.3) is 22.0 Å². The van der Waals surface area contributed by atoms with Crippen molar-refractivity contribution in [3.63, 3.8) is 0 Å². The Morgan fingerprint density at radius 2 is 1.50 bits per heavy atom. The Morgan fingerprint density at radius 1 is 0.821 bits per heavy atom. The Morgan fingerprint density at radius 3 is 2.25 bits per heavy atom. The van der Waals surface area contributed by atoms with Gasteiger partial charge in [0.25, 0.3) is 0 Å². The number of aromatic nitrogens is 1. The first-order chi connectivity index (χ1) is 13.8. The van der Waals surface area contributed by atoms with E-state index in [9.17, 15) is 5.26 Å². The predicted octanol–water partition coefficient (Wildman–Crippen LogP) is 5.85. The molecule has 1 aliphatic carbocycles. The van der Waals surface area contributed by atoms with Crippen LogP contribution in [-0.2, 0) is 18.3 Å². The Balaban J connectivity index is 1.78. The number of aryl methyl sites for hydroxylation is 1. The fourth-order valence-electron chi connectivity index (χ4n) is 4.52. The maximum absolute atomic E-state index is 10.2. The van der Waals surface area contributed by atoms with Crippen LogP contribution in [0.1, 0.15) is 23.2 Å². The SMILES string of the molecule is N#C[C@]1(c2ccccc2)CCc2nc3ccccc3c(-c3ccccc3)c2C1. The molecular weight excluding hydrogens is 340 g/mol. The summed E-state index contributed by atoms with van der Waals surface area (Å²) >= 11 is 0. The van der Waals surface area contributed by atoms with E-state index >= 15 is 0 Å². The summed E-state index contributed by atoms with van der Waals surface area (Å²) in [7, 11) is 0. The quantitative estimate of drug-likeness (QED) is 0.449. The number of fused-ring (bicyclic) bond motifs is 2. The van der Waals surface area contributed by atoms with E-state index in [-0.39, 0.29) is 0 Å². The Kier molecular flexibility index (Phi) is 3.95. The van der Waals surface area contributed by atoms with Crippen molar-refractivity contribution in [2.45, 2.75) is 24.7 Å². The number of hydrogen-bond donors (Lipinski definition) is 0. The molecule has 0 spiro atoms. The molecule has 28 heavy (non-hydrogen) atoms. The molecule has 1 aromatic heterocycles. The normalized spacial score (nSPS) is 18.4. The molecular formula is C26H20N2. The van der Waals surface area contributed by atoms with Crippen LogP contribution in [0.15, 0.2) is 84.9 Å². The predicted molar refractivity (Wildman–Crippen MR) is 113 cm³/mol. The van der Waals surface area contributed by atoms with Crippen molar-refractivity contribution < 1.29 is 0 Å². The van der Waals surface area contributed by atoms with Crippen molar-refractivity contribution in [2.75, 3.05) is 0 Å². The van der Waals surface area contributed by atoms with Gasteiger partial charge in [0.2, 0.25) is 0 Å². The van der Waals surface area contributed by atoms with Crippen molar-refractivity contribution in [3.05, 3.63) is 102 Å². The number of hydrogen-bond acceptors (Lipinski definition) is 2. The van der Waals surface area contributed by atoms with Gasteiger partial charge in [0.05, 0.1) is 17.0 Å². The van der Waals surface area contributed by atoms with Gasteiger partial charge in [0.15, 0.2) is 0 Å². The molecule has 0 N–H and O–H groups in total. The van der Waals surface area contributed by atoms with Crippen LogP contribution in [0.5, 0.6) is 0 Å². The molecule has 0 fully saturated rings. The average Bonchev–Trinajstić information content (AvgIpc) is 2.78. The lowest BCUT2D eigenvalue weighted by Gasteiger charge is -2.34. The summed E-state index contributed by atoms with van der Waals surface area (Å²) in [4.78, 5) is 4.99. The summed E-state index contributed by atoms with van der Waals surface area (Å²) < 4.78 is 0. The van der Waals surface area contributed by atoms with Crippen LogP contribution in [-0.4, -0.2) is 4.98 Å². The summed E-state index contributed by atoms with van der Waals surface area (Å²) in [5.74, 6) is 0. The number of pyridine rings is 1. The number of para-hydroxylation sites is 1.